The van der Waals surface area contributed by atoms with Gasteiger partial charge in [0.05, 0.1) is 5.60 Å². The van der Waals surface area contributed by atoms with Crippen LogP contribution in [-0.2, 0) is 9.63 Å². The summed E-state index contributed by atoms with van der Waals surface area (Å²) in [6.07, 6.45) is 8.02. The summed E-state index contributed by atoms with van der Waals surface area (Å²) >= 11 is 0. The molecule has 1 atom stereocenters. The van der Waals surface area contributed by atoms with Crippen LogP contribution in [0.25, 0.3) is 0 Å². The second-order valence-corrected chi connectivity index (χ2v) is 5.33. The van der Waals surface area contributed by atoms with Crippen molar-refractivity contribution in [2.45, 2.75) is 64.5 Å². The molecule has 1 saturated carbocycles. The second kappa shape index (κ2) is 5.61. The molecule has 0 aliphatic heterocycles. The van der Waals surface area contributed by atoms with E-state index in [0.29, 0.717) is 5.92 Å². The Morgan fingerprint density at radius 3 is 2.33 bits per heavy atom. The summed E-state index contributed by atoms with van der Waals surface area (Å²) in [5.74, 6) is 0.401. The maximum absolute atomic E-state index is 10.9. The van der Waals surface area contributed by atoms with Crippen molar-refractivity contribution in [3.05, 3.63) is 0 Å². The van der Waals surface area contributed by atoms with Gasteiger partial charge in [-0.15, -0.1) is 0 Å². The fourth-order valence-corrected chi connectivity index (χ4v) is 1.92. The Hall–Kier alpha value is -0.410. The number of hydrogen-bond donors (Lipinski definition) is 1. The highest BCUT2D eigenvalue weighted by Crippen LogP contribution is 2.26. The van der Waals surface area contributed by atoms with Crippen molar-refractivity contribution in [1.29, 1.82) is 0 Å². The van der Waals surface area contributed by atoms with E-state index >= 15 is 0 Å². The zero-order chi connectivity index (χ0) is 11.3. The van der Waals surface area contributed by atoms with Crippen molar-refractivity contribution in [1.82, 2.24) is 5.48 Å². The van der Waals surface area contributed by atoms with Crippen LogP contribution in [0.5, 0.6) is 0 Å². The first kappa shape index (κ1) is 12.7. The summed E-state index contributed by atoms with van der Waals surface area (Å²) in [6, 6.07) is -0.260. The predicted molar refractivity (Wildman–Crippen MR) is 60.0 cm³/mol. The Kier molecular flexibility index (Phi) is 4.74. The highest BCUT2D eigenvalue weighted by atomic mass is 16.7. The topological polar surface area (TPSA) is 38.3 Å². The van der Waals surface area contributed by atoms with Gasteiger partial charge in [0.15, 0.2) is 0 Å². The number of nitrogens with one attached hydrogen (secondary N) is 1. The Morgan fingerprint density at radius 1 is 1.27 bits per heavy atom. The molecule has 1 unspecified atom stereocenters. The zero-order valence-corrected chi connectivity index (χ0v) is 10.0. The molecule has 1 rings (SSSR count). The van der Waals surface area contributed by atoms with Crippen molar-refractivity contribution in [3.8, 4) is 0 Å². The lowest BCUT2D eigenvalue weighted by Gasteiger charge is -2.29. The fourth-order valence-electron chi connectivity index (χ4n) is 1.92. The molecule has 0 heterocycles. The number of rotatable bonds is 4. The van der Waals surface area contributed by atoms with E-state index in [-0.39, 0.29) is 11.6 Å². The molecule has 0 aromatic heterocycles. The monoisotopic (exact) mass is 212 g/mol. The average molecular weight is 212 g/mol. The van der Waals surface area contributed by atoms with E-state index in [1.165, 1.54) is 19.3 Å². The Morgan fingerprint density at radius 2 is 1.87 bits per heavy atom. The number of hydroxylamine groups is 1. The minimum Gasteiger partial charge on any atom is -0.295 e. The van der Waals surface area contributed by atoms with Crippen LogP contribution in [-0.4, -0.2) is 17.9 Å². The third-order valence-electron chi connectivity index (χ3n) is 2.74. The van der Waals surface area contributed by atoms with Gasteiger partial charge in [-0.3, -0.25) is 9.63 Å². The lowest BCUT2D eigenvalue weighted by atomic mass is 9.85. The third-order valence-corrected chi connectivity index (χ3v) is 2.74. The largest absolute Gasteiger partial charge is 0.295 e. The van der Waals surface area contributed by atoms with Crippen LogP contribution in [0, 0.1) is 5.92 Å². The van der Waals surface area contributed by atoms with Crippen LogP contribution < -0.4 is 5.48 Å². The summed E-state index contributed by atoms with van der Waals surface area (Å²) in [5.41, 5.74) is 2.60. The number of carbonyl (C=O) groups excluding carboxylic acids is 1. The molecule has 0 aromatic rings. The van der Waals surface area contributed by atoms with Crippen molar-refractivity contribution in [2.24, 2.45) is 5.92 Å². The lowest BCUT2D eigenvalue weighted by Crippen LogP contribution is -2.42. The normalized spacial score (nSPS) is 21.3. The molecule has 3 nitrogen and oxygen atoms in total. The maximum atomic E-state index is 10.9. The summed E-state index contributed by atoms with van der Waals surface area (Å²) < 4.78 is 0. The van der Waals surface area contributed by atoms with Crippen molar-refractivity contribution in [2.75, 3.05) is 0 Å². The van der Waals surface area contributed by atoms with Gasteiger partial charge in [-0.1, -0.05) is 19.3 Å². The first-order valence-corrected chi connectivity index (χ1v) is 5.84. The third kappa shape index (κ3) is 4.76. The molecule has 1 fully saturated rings. The molecule has 1 N–H and O–H groups in total. The number of hydrogen-bond acceptors (Lipinski definition) is 3. The molecule has 15 heavy (non-hydrogen) atoms. The van der Waals surface area contributed by atoms with Gasteiger partial charge in [-0.05, 0) is 39.5 Å². The van der Waals surface area contributed by atoms with Gasteiger partial charge in [-0.2, -0.15) is 5.48 Å². The van der Waals surface area contributed by atoms with Crippen LogP contribution in [0.3, 0.4) is 0 Å². The second-order valence-electron chi connectivity index (χ2n) is 5.33. The predicted octanol–water partition coefficient (Wildman–Crippen LogP) is 2.36. The molecule has 0 saturated heterocycles. The van der Waals surface area contributed by atoms with Gasteiger partial charge in [0, 0.05) is 0 Å². The first-order chi connectivity index (χ1) is 7.03. The van der Waals surface area contributed by atoms with E-state index in [1.54, 1.807) is 0 Å². The van der Waals surface area contributed by atoms with Crippen LogP contribution in [0.15, 0.2) is 0 Å². The van der Waals surface area contributed by atoms with E-state index < -0.39 is 0 Å². The highest BCUT2D eigenvalue weighted by molar-refractivity contribution is 5.58. The molecule has 0 bridgehead atoms. The van der Waals surface area contributed by atoms with Gasteiger partial charge in [-0.25, -0.2) is 0 Å². The van der Waals surface area contributed by atoms with Gasteiger partial charge in [0.1, 0.15) is 6.04 Å². The maximum Gasteiger partial charge on any atom is 0.219 e. The van der Waals surface area contributed by atoms with E-state index in [2.05, 4.69) is 11.8 Å². The van der Waals surface area contributed by atoms with E-state index in [4.69, 9.17) is 4.84 Å². The van der Waals surface area contributed by atoms with E-state index in [0.717, 1.165) is 12.8 Å². The van der Waals surface area contributed by atoms with Crippen molar-refractivity contribution >= 4 is 6.29 Å². The van der Waals surface area contributed by atoms with Crippen LogP contribution in [0.1, 0.15) is 52.9 Å². The standard InChI is InChI=1S/C12H22NO2/c1-12(2,3)15-13-11(9-14)10-7-5-4-6-8-10/h10-11,13H,4-8H2,1-3H3. The SMILES string of the molecule is CC(C)(C)ONC([C]=O)C1CCCCC1. The van der Waals surface area contributed by atoms with Gasteiger partial charge >= 0.3 is 0 Å². The molecule has 3 heteroatoms. The summed E-state index contributed by atoms with van der Waals surface area (Å²) in [4.78, 5) is 16.3. The first-order valence-electron chi connectivity index (χ1n) is 5.84. The molecule has 1 radical (unpaired) electrons. The van der Waals surface area contributed by atoms with Crippen molar-refractivity contribution in [3.63, 3.8) is 0 Å². The molecule has 1 aliphatic rings. The van der Waals surface area contributed by atoms with E-state index in [9.17, 15) is 4.79 Å². The molecule has 87 valence electrons. The van der Waals surface area contributed by atoms with Gasteiger partial charge in [0.2, 0.25) is 6.29 Å². The highest BCUT2D eigenvalue weighted by Gasteiger charge is 2.25. The minimum absolute atomic E-state index is 0.260. The van der Waals surface area contributed by atoms with Crippen LogP contribution >= 0.6 is 0 Å². The zero-order valence-electron chi connectivity index (χ0n) is 10.0. The molecular weight excluding hydrogens is 190 g/mol. The Labute approximate surface area is 92.5 Å². The molecular formula is C12H22NO2. The molecule has 0 spiro atoms. The van der Waals surface area contributed by atoms with Crippen molar-refractivity contribution < 1.29 is 9.63 Å². The smallest absolute Gasteiger partial charge is 0.219 e. The fraction of sp³-hybridized carbons (Fsp3) is 0.917. The Balaban J connectivity index is 2.37. The minimum atomic E-state index is -0.260. The van der Waals surface area contributed by atoms with E-state index in [1.807, 2.05) is 20.8 Å². The van der Waals surface area contributed by atoms with Gasteiger partial charge < -0.3 is 0 Å². The molecule has 0 amide bonds. The summed E-state index contributed by atoms with van der Waals surface area (Å²) in [6.45, 7) is 5.88. The summed E-state index contributed by atoms with van der Waals surface area (Å²) in [5, 5.41) is 0. The summed E-state index contributed by atoms with van der Waals surface area (Å²) in [7, 11) is 0. The Bertz CT molecular complexity index is 192. The molecule has 0 aromatic carbocycles. The van der Waals surface area contributed by atoms with Crippen LogP contribution in [0.4, 0.5) is 0 Å². The van der Waals surface area contributed by atoms with Crippen LogP contribution in [0.2, 0.25) is 0 Å². The average Bonchev–Trinajstić information content (AvgIpc) is 2.19. The molecule has 1 aliphatic carbocycles. The quantitative estimate of drug-likeness (QED) is 0.727. The van der Waals surface area contributed by atoms with Gasteiger partial charge in [0.25, 0.3) is 0 Å². The lowest BCUT2D eigenvalue weighted by molar-refractivity contribution is -0.0875.